The summed E-state index contributed by atoms with van der Waals surface area (Å²) >= 11 is 12.3. The Morgan fingerprint density at radius 2 is 1.82 bits per heavy atom. The van der Waals surface area contributed by atoms with Gasteiger partial charge in [0.05, 0.1) is 6.04 Å². The Kier molecular flexibility index (Phi) is 4.62. The van der Waals surface area contributed by atoms with Crippen molar-refractivity contribution >= 4 is 23.2 Å². The lowest BCUT2D eigenvalue weighted by molar-refractivity contribution is 0.147. The molecule has 17 heavy (non-hydrogen) atoms. The van der Waals surface area contributed by atoms with E-state index in [9.17, 15) is 4.39 Å². The summed E-state index contributed by atoms with van der Waals surface area (Å²) in [4.78, 5) is 2.09. The number of nitrogens with zero attached hydrogens (tertiary/aromatic N) is 1. The number of halogens is 3. The number of nitrogens with one attached hydrogen (secondary N) is 1. The fourth-order valence-corrected chi connectivity index (χ4v) is 2.83. The van der Waals surface area contributed by atoms with Gasteiger partial charge in [-0.15, -0.1) is 0 Å². The molecule has 1 aromatic carbocycles. The summed E-state index contributed by atoms with van der Waals surface area (Å²) in [5.41, 5.74) is 0.709. The van der Waals surface area contributed by atoms with Crippen molar-refractivity contribution < 1.29 is 4.39 Å². The van der Waals surface area contributed by atoms with Crippen LogP contribution in [0.4, 0.5) is 4.39 Å². The Morgan fingerprint density at radius 3 is 2.35 bits per heavy atom. The zero-order valence-electron chi connectivity index (χ0n) is 9.43. The summed E-state index contributed by atoms with van der Waals surface area (Å²) in [6.45, 7) is 2.91. The molecule has 5 heteroatoms. The van der Waals surface area contributed by atoms with Crippen LogP contribution in [-0.2, 0) is 0 Å². The first-order valence-corrected chi connectivity index (χ1v) is 6.44. The monoisotopic (exact) mass is 276 g/mol. The van der Waals surface area contributed by atoms with Crippen LogP contribution in [0, 0.1) is 0 Å². The summed E-state index contributed by atoms with van der Waals surface area (Å²) in [5.74, 6) is 0. The van der Waals surface area contributed by atoms with E-state index < -0.39 is 6.67 Å². The highest BCUT2D eigenvalue weighted by atomic mass is 35.5. The Bertz CT molecular complexity index is 361. The molecule has 2 rings (SSSR count). The molecule has 0 bridgehead atoms. The minimum absolute atomic E-state index is 0.335. The van der Waals surface area contributed by atoms with Crippen LogP contribution in [0.3, 0.4) is 0 Å². The fraction of sp³-hybridized carbons (Fsp3) is 0.500. The molecule has 94 valence electrons. The van der Waals surface area contributed by atoms with Gasteiger partial charge in [0.25, 0.3) is 0 Å². The van der Waals surface area contributed by atoms with Crippen molar-refractivity contribution in [3.8, 4) is 0 Å². The van der Waals surface area contributed by atoms with Crippen LogP contribution < -0.4 is 5.32 Å². The van der Waals surface area contributed by atoms with Crippen molar-refractivity contribution in [2.45, 2.75) is 6.04 Å². The van der Waals surface area contributed by atoms with Crippen LogP contribution in [0.1, 0.15) is 11.6 Å². The lowest BCUT2D eigenvalue weighted by Crippen LogP contribution is -2.45. The molecule has 1 saturated heterocycles. The molecule has 0 aliphatic carbocycles. The Morgan fingerprint density at radius 1 is 1.24 bits per heavy atom. The first kappa shape index (κ1) is 13.1. The van der Waals surface area contributed by atoms with Gasteiger partial charge in [0.2, 0.25) is 0 Å². The molecule has 0 radical (unpaired) electrons. The van der Waals surface area contributed by atoms with E-state index in [-0.39, 0.29) is 6.04 Å². The lowest BCUT2D eigenvalue weighted by Gasteiger charge is -2.34. The van der Waals surface area contributed by atoms with E-state index in [0.29, 0.717) is 15.6 Å². The Hall–Kier alpha value is -0.350. The maximum Gasteiger partial charge on any atom is 0.109 e. The average molecular weight is 277 g/mol. The molecule has 1 atom stereocenters. The summed E-state index contributed by atoms with van der Waals surface area (Å²) < 4.78 is 13.3. The van der Waals surface area contributed by atoms with E-state index >= 15 is 0 Å². The van der Waals surface area contributed by atoms with Crippen LogP contribution in [-0.4, -0.2) is 37.8 Å². The molecule has 0 saturated carbocycles. The van der Waals surface area contributed by atoms with Crippen LogP contribution in [0.5, 0.6) is 0 Å². The zero-order chi connectivity index (χ0) is 12.3. The molecule has 0 aromatic heterocycles. The third kappa shape index (κ3) is 2.91. The highest BCUT2D eigenvalue weighted by Gasteiger charge is 2.25. The molecule has 1 aliphatic rings. The average Bonchev–Trinajstić information content (AvgIpc) is 2.35. The van der Waals surface area contributed by atoms with Gasteiger partial charge in [0.15, 0.2) is 0 Å². The SMILES string of the molecule is FC[C@@H](c1c(Cl)cccc1Cl)N1CCNCC1. The van der Waals surface area contributed by atoms with Crippen LogP contribution >= 0.6 is 23.2 Å². The van der Waals surface area contributed by atoms with Crippen LogP contribution in [0.25, 0.3) is 0 Å². The number of piperazine rings is 1. The first-order valence-electron chi connectivity index (χ1n) is 5.68. The topological polar surface area (TPSA) is 15.3 Å². The quantitative estimate of drug-likeness (QED) is 0.913. The fourth-order valence-electron chi connectivity index (χ4n) is 2.18. The molecule has 1 heterocycles. The van der Waals surface area contributed by atoms with E-state index in [0.717, 1.165) is 26.2 Å². The molecule has 0 spiro atoms. The third-order valence-electron chi connectivity index (χ3n) is 3.07. The van der Waals surface area contributed by atoms with Crippen LogP contribution in [0.2, 0.25) is 10.0 Å². The van der Waals surface area contributed by atoms with E-state index in [1.54, 1.807) is 18.2 Å². The van der Waals surface area contributed by atoms with Gasteiger partial charge in [0, 0.05) is 41.8 Å². The van der Waals surface area contributed by atoms with Crippen molar-refractivity contribution in [1.82, 2.24) is 10.2 Å². The van der Waals surface area contributed by atoms with Gasteiger partial charge < -0.3 is 5.32 Å². The summed E-state index contributed by atoms with van der Waals surface area (Å²) in [6.07, 6.45) is 0. The number of hydrogen-bond donors (Lipinski definition) is 1. The number of rotatable bonds is 3. The molecule has 0 unspecified atom stereocenters. The standard InChI is InChI=1S/C12H15Cl2FN2/c13-9-2-1-3-10(14)12(9)11(8-15)17-6-4-16-5-7-17/h1-3,11,16H,4-8H2/t11-/m0/s1. The summed E-state index contributed by atoms with van der Waals surface area (Å²) in [5, 5.41) is 4.33. The molecular weight excluding hydrogens is 262 g/mol. The van der Waals surface area contributed by atoms with Gasteiger partial charge in [-0.05, 0) is 12.1 Å². The molecule has 1 N–H and O–H groups in total. The molecule has 1 fully saturated rings. The summed E-state index contributed by atoms with van der Waals surface area (Å²) in [7, 11) is 0. The molecule has 2 nitrogen and oxygen atoms in total. The first-order chi connectivity index (χ1) is 8.24. The van der Waals surface area contributed by atoms with Gasteiger partial charge in [-0.3, -0.25) is 4.90 Å². The van der Waals surface area contributed by atoms with Crippen molar-refractivity contribution in [3.05, 3.63) is 33.8 Å². The smallest absolute Gasteiger partial charge is 0.109 e. The molecular formula is C12H15Cl2FN2. The number of benzene rings is 1. The van der Waals surface area contributed by atoms with E-state index in [1.807, 2.05) is 0 Å². The van der Waals surface area contributed by atoms with Gasteiger partial charge in [-0.1, -0.05) is 29.3 Å². The highest BCUT2D eigenvalue weighted by Crippen LogP contribution is 2.34. The van der Waals surface area contributed by atoms with Gasteiger partial charge in [-0.25, -0.2) is 4.39 Å². The van der Waals surface area contributed by atoms with E-state index in [2.05, 4.69) is 10.2 Å². The lowest BCUT2D eigenvalue weighted by atomic mass is 10.1. The molecule has 1 aromatic rings. The maximum atomic E-state index is 13.3. The minimum Gasteiger partial charge on any atom is -0.314 e. The van der Waals surface area contributed by atoms with Crippen LogP contribution in [0.15, 0.2) is 18.2 Å². The van der Waals surface area contributed by atoms with Gasteiger partial charge >= 0.3 is 0 Å². The van der Waals surface area contributed by atoms with Crippen molar-refractivity contribution in [2.24, 2.45) is 0 Å². The van der Waals surface area contributed by atoms with E-state index in [4.69, 9.17) is 23.2 Å². The van der Waals surface area contributed by atoms with Gasteiger partial charge in [0.1, 0.15) is 6.67 Å². The Balaban J connectivity index is 2.27. The Labute approximate surface area is 111 Å². The summed E-state index contributed by atoms with van der Waals surface area (Å²) in [6, 6.07) is 4.96. The zero-order valence-corrected chi connectivity index (χ0v) is 10.9. The number of alkyl halides is 1. The predicted octanol–water partition coefficient (Wildman–Crippen LogP) is 2.91. The normalized spacial score (nSPS) is 19.2. The molecule has 0 amide bonds. The van der Waals surface area contributed by atoms with Crippen molar-refractivity contribution in [1.29, 1.82) is 0 Å². The van der Waals surface area contributed by atoms with Crippen molar-refractivity contribution in [3.63, 3.8) is 0 Å². The largest absolute Gasteiger partial charge is 0.314 e. The predicted molar refractivity (Wildman–Crippen MR) is 69.6 cm³/mol. The van der Waals surface area contributed by atoms with E-state index in [1.165, 1.54) is 0 Å². The molecule has 1 aliphatic heterocycles. The second-order valence-corrected chi connectivity index (χ2v) is 4.91. The van der Waals surface area contributed by atoms with Crippen molar-refractivity contribution in [2.75, 3.05) is 32.9 Å². The second-order valence-electron chi connectivity index (χ2n) is 4.09. The van der Waals surface area contributed by atoms with Gasteiger partial charge in [-0.2, -0.15) is 0 Å². The number of hydrogen-bond acceptors (Lipinski definition) is 2. The minimum atomic E-state index is -0.469. The maximum absolute atomic E-state index is 13.3. The second kappa shape index (κ2) is 6.01. The highest BCUT2D eigenvalue weighted by molar-refractivity contribution is 6.36. The third-order valence-corrected chi connectivity index (χ3v) is 3.73.